The van der Waals surface area contributed by atoms with Crippen LogP contribution in [-0.2, 0) is 9.53 Å². The number of thioether (sulfide) groups is 1. The van der Waals surface area contributed by atoms with Crippen LogP contribution in [0.25, 0.3) is 17.1 Å². The molecule has 0 bridgehead atoms. The molecule has 0 fully saturated rings. The number of carbonyl (C=O) groups excluding carboxylic acids is 1. The molecule has 0 amide bonds. The van der Waals surface area contributed by atoms with Gasteiger partial charge in [-0.3, -0.25) is 9.36 Å². The molecule has 174 valence electrons. The Labute approximate surface area is 200 Å². The average Bonchev–Trinajstić information content (AvgIpc) is 3.30. The molecule has 7 nitrogen and oxygen atoms in total. The highest BCUT2D eigenvalue weighted by molar-refractivity contribution is 7.99. The number of nitrogens with zero attached hydrogens (tertiary/aromatic N) is 3. The number of methoxy groups -OCH3 is 1. The first-order valence-electron chi connectivity index (χ1n) is 10.5. The number of benzene rings is 3. The summed E-state index contributed by atoms with van der Waals surface area (Å²) < 4.78 is 32.1. The molecule has 1 heterocycles. The fraction of sp³-hybridized carbons (Fsp3) is 0.160. The molecule has 0 aliphatic heterocycles. The van der Waals surface area contributed by atoms with Crippen molar-refractivity contribution < 1.29 is 23.4 Å². The van der Waals surface area contributed by atoms with Crippen LogP contribution in [0.5, 0.6) is 11.5 Å². The van der Waals surface area contributed by atoms with Gasteiger partial charge in [-0.05, 0) is 48.5 Å². The van der Waals surface area contributed by atoms with Crippen molar-refractivity contribution in [3.05, 3.63) is 84.7 Å². The summed E-state index contributed by atoms with van der Waals surface area (Å²) >= 11 is 1.17. The molecule has 9 heteroatoms. The van der Waals surface area contributed by atoms with Crippen LogP contribution in [0.1, 0.15) is 0 Å². The minimum Gasteiger partial charge on any atom is -0.497 e. The topological polar surface area (TPSA) is 75.5 Å². The lowest BCUT2D eigenvalue weighted by Crippen LogP contribution is -2.14. The number of halogens is 1. The van der Waals surface area contributed by atoms with Crippen LogP contribution in [-0.4, -0.2) is 46.8 Å². The molecule has 0 N–H and O–H groups in total. The number of aromatic nitrogens is 3. The minimum absolute atomic E-state index is 0.0186. The maximum Gasteiger partial charge on any atom is 0.316 e. The van der Waals surface area contributed by atoms with Gasteiger partial charge in [0.1, 0.15) is 30.5 Å². The van der Waals surface area contributed by atoms with Crippen LogP contribution in [0.15, 0.2) is 84.0 Å². The van der Waals surface area contributed by atoms with E-state index in [4.69, 9.17) is 14.2 Å². The second kappa shape index (κ2) is 11.3. The number of hydrogen-bond donors (Lipinski definition) is 0. The maximum atomic E-state index is 14.4. The summed E-state index contributed by atoms with van der Waals surface area (Å²) in [5.41, 5.74) is 1.08. The van der Waals surface area contributed by atoms with Crippen molar-refractivity contribution in [1.29, 1.82) is 0 Å². The SMILES string of the molecule is COc1ccc(OCCOC(=O)CSc2nnc(-c3ccccc3F)n2-c2ccccc2)cc1. The molecule has 0 radical (unpaired) electrons. The van der Waals surface area contributed by atoms with Crippen molar-refractivity contribution >= 4 is 17.7 Å². The Kier molecular flexibility index (Phi) is 7.77. The van der Waals surface area contributed by atoms with Crippen molar-refractivity contribution in [1.82, 2.24) is 14.8 Å². The fourth-order valence-corrected chi connectivity index (χ4v) is 3.89. The van der Waals surface area contributed by atoms with E-state index in [1.54, 1.807) is 54.1 Å². The Morgan fingerprint density at radius 3 is 2.35 bits per heavy atom. The van der Waals surface area contributed by atoms with Crippen LogP contribution in [0, 0.1) is 5.82 Å². The number of esters is 1. The normalized spacial score (nSPS) is 10.6. The summed E-state index contributed by atoms with van der Waals surface area (Å²) in [5, 5.41) is 8.85. The Hall–Kier alpha value is -3.85. The van der Waals surface area contributed by atoms with Crippen LogP contribution in [0.4, 0.5) is 4.39 Å². The minimum atomic E-state index is -0.418. The second-order valence-corrected chi connectivity index (χ2v) is 7.93. The molecule has 34 heavy (non-hydrogen) atoms. The van der Waals surface area contributed by atoms with Gasteiger partial charge in [0.15, 0.2) is 11.0 Å². The standard InChI is InChI=1S/C25H22FN3O4S/c1-31-19-11-13-20(14-12-19)32-15-16-33-23(30)17-34-25-28-27-24(21-9-5-6-10-22(21)26)29(25)18-7-3-2-4-8-18/h2-14H,15-17H2,1H3. The molecule has 0 saturated heterocycles. The molecule has 4 rings (SSSR count). The summed E-state index contributed by atoms with van der Waals surface area (Å²) in [6.07, 6.45) is 0. The first kappa shape index (κ1) is 23.3. The number of rotatable bonds is 10. The molecule has 4 aromatic rings. The zero-order valence-electron chi connectivity index (χ0n) is 18.4. The maximum absolute atomic E-state index is 14.4. The lowest BCUT2D eigenvalue weighted by molar-refractivity contribution is -0.141. The number of ether oxygens (including phenoxy) is 3. The van der Waals surface area contributed by atoms with Gasteiger partial charge in [0, 0.05) is 5.69 Å². The Balaban J connectivity index is 1.37. The van der Waals surface area contributed by atoms with E-state index in [9.17, 15) is 9.18 Å². The molecule has 1 aromatic heterocycles. The van der Waals surface area contributed by atoms with Crippen LogP contribution in [0.3, 0.4) is 0 Å². The first-order valence-corrected chi connectivity index (χ1v) is 11.5. The van der Waals surface area contributed by atoms with Crippen molar-refractivity contribution in [3.63, 3.8) is 0 Å². The molecular formula is C25H22FN3O4S. The van der Waals surface area contributed by atoms with Crippen molar-refractivity contribution in [2.24, 2.45) is 0 Å². The Bertz CT molecular complexity index is 1230. The smallest absolute Gasteiger partial charge is 0.316 e. The second-order valence-electron chi connectivity index (χ2n) is 6.99. The largest absolute Gasteiger partial charge is 0.497 e. The van der Waals surface area contributed by atoms with Gasteiger partial charge in [0.25, 0.3) is 0 Å². The highest BCUT2D eigenvalue weighted by atomic mass is 32.2. The lowest BCUT2D eigenvalue weighted by Gasteiger charge is -2.11. The van der Waals surface area contributed by atoms with Crippen LogP contribution < -0.4 is 9.47 Å². The van der Waals surface area contributed by atoms with Gasteiger partial charge < -0.3 is 14.2 Å². The molecule has 3 aromatic carbocycles. The lowest BCUT2D eigenvalue weighted by atomic mass is 10.2. The molecular weight excluding hydrogens is 457 g/mol. The van der Waals surface area contributed by atoms with Gasteiger partial charge >= 0.3 is 5.97 Å². The third-order valence-electron chi connectivity index (χ3n) is 4.76. The van der Waals surface area contributed by atoms with Crippen LogP contribution in [0.2, 0.25) is 0 Å². The number of para-hydroxylation sites is 1. The van der Waals surface area contributed by atoms with Crippen molar-refractivity contribution in [3.8, 4) is 28.6 Å². The summed E-state index contributed by atoms with van der Waals surface area (Å²) in [4.78, 5) is 12.3. The van der Waals surface area contributed by atoms with E-state index >= 15 is 0 Å². The molecule has 0 aliphatic carbocycles. The monoisotopic (exact) mass is 479 g/mol. The van der Waals surface area contributed by atoms with Gasteiger partial charge in [-0.2, -0.15) is 0 Å². The third-order valence-corrected chi connectivity index (χ3v) is 5.66. The Morgan fingerprint density at radius 2 is 1.62 bits per heavy atom. The third kappa shape index (κ3) is 5.74. The molecule has 0 spiro atoms. The molecule has 0 atom stereocenters. The molecule has 0 saturated carbocycles. The average molecular weight is 480 g/mol. The predicted molar refractivity (Wildman–Crippen MR) is 127 cm³/mol. The molecule has 0 unspecified atom stereocenters. The van der Waals surface area contributed by atoms with Gasteiger partial charge in [0.05, 0.1) is 18.4 Å². The first-order chi connectivity index (χ1) is 16.7. The number of carbonyl (C=O) groups is 1. The van der Waals surface area contributed by atoms with Gasteiger partial charge in [-0.25, -0.2) is 4.39 Å². The van der Waals surface area contributed by atoms with E-state index in [-0.39, 0.29) is 19.0 Å². The summed E-state index contributed by atoms with van der Waals surface area (Å²) in [7, 11) is 1.59. The van der Waals surface area contributed by atoms with E-state index in [0.717, 1.165) is 11.4 Å². The zero-order chi connectivity index (χ0) is 23.8. The van der Waals surface area contributed by atoms with Crippen molar-refractivity contribution in [2.45, 2.75) is 5.16 Å². The molecule has 0 aliphatic rings. The van der Waals surface area contributed by atoms with E-state index in [1.807, 2.05) is 30.3 Å². The highest BCUT2D eigenvalue weighted by Crippen LogP contribution is 2.29. The summed E-state index contributed by atoms with van der Waals surface area (Å²) in [6.45, 7) is 0.331. The predicted octanol–water partition coefficient (Wildman–Crippen LogP) is 4.80. The number of hydrogen-bond acceptors (Lipinski definition) is 7. The van der Waals surface area contributed by atoms with Gasteiger partial charge in [0.2, 0.25) is 0 Å². The van der Waals surface area contributed by atoms with Gasteiger partial charge in [-0.1, -0.05) is 42.1 Å². The fourth-order valence-electron chi connectivity index (χ4n) is 3.14. The van der Waals surface area contributed by atoms with E-state index < -0.39 is 11.8 Å². The van der Waals surface area contributed by atoms with E-state index in [1.165, 1.54) is 17.8 Å². The quantitative estimate of drug-likeness (QED) is 0.184. The highest BCUT2D eigenvalue weighted by Gasteiger charge is 2.19. The van der Waals surface area contributed by atoms with E-state index in [0.29, 0.717) is 22.3 Å². The summed E-state index contributed by atoms with van der Waals surface area (Å²) in [6, 6.07) is 22.9. The van der Waals surface area contributed by atoms with E-state index in [2.05, 4.69) is 10.2 Å². The zero-order valence-corrected chi connectivity index (χ0v) is 19.2. The van der Waals surface area contributed by atoms with Crippen LogP contribution >= 0.6 is 11.8 Å². The van der Waals surface area contributed by atoms with Gasteiger partial charge in [-0.15, -0.1) is 10.2 Å². The Morgan fingerprint density at radius 1 is 0.912 bits per heavy atom. The van der Waals surface area contributed by atoms with Crippen molar-refractivity contribution in [2.75, 3.05) is 26.1 Å². The summed E-state index contributed by atoms with van der Waals surface area (Å²) in [5.74, 6) is 0.941.